The Morgan fingerprint density at radius 1 is 0.675 bits per heavy atom. The van der Waals surface area contributed by atoms with Gasteiger partial charge in [0.2, 0.25) is 0 Å². The number of imidazole rings is 1. The number of aromatic nitrogens is 6. The molecule has 7 heteroatoms. The second-order valence-corrected chi connectivity index (χ2v) is 11.3. The Bertz CT molecular complexity index is 2210. The van der Waals surface area contributed by atoms with E-state index in [0.717, 1.165) is 78.1 Å². The van der Waals surface area contributed by atoms with E-state index in [1.54, 1.807) is 12.4 Å². The topological polar surface area (TPSA) is 92.6 Å². The van der Waals surface area contributed by atoms with E-state index in [9.17, 15) is 0 Å². The predicted molar refractivity (Wildman–Crippen MR) is 162 cm³/mol. The number of aliphatic imine (C=N–C) groups is 1. The summed E-state index contributed by atoms with van der Waals surface area (Å²) in [5, 5.41) is 14.0. The van der Waals surface area contributed by atoms with Crippen molar-refractivity contribution < 1.29 is 0 Å². The van der Waals surface area contributed by atoms with Crippen LogP contribution in [0.2, 0.25) is 0 Å². The van der Waals surface area contributed by atoms with E-state index in [4.69, 9.17) is 24.9 Å². The van der Waals surface area contributed by atoms with E-state index < -0.39 is 0 Å². The third kappa shape index (κ3) is 3.24. The van der Waals surface area contributed by atoms with Crippen molar-refractivity contribution in [2.75, 3.05) is 0 Å². The normalized spacial score (nSPS) is 13.5. The fraction of sp³-hybridized carbons (Fsp3) is 0.212. The Morgan fingerprint density at radius 2 is 1.38 bits per heavy atom. The van der Waals surface area contributed by atoms with Crippen molar-refractivity contribution in [2.24, 2.45) is 10.9 Å². The summed E-state index contributed by atoms with van der Waals surface area (Å²) in [6.45, 7) is 8.66. The zero-order chi connectivity index (χ0) is 27.1. The third-order valence-corrected chi connectivity index (χ3v) is 8.20. The number of benzene rings is 4. The average molecular weight is 522 g/mol. The first-order valence-electron chi connectivity index (χ1n) is 13.8. The van der Waals surface area contributed by atoms with Gasteiger partial charge in [-0.2, -0.15) is 5.10 Å². The third-order valence-electron chi connectivity index (χ3n) is 8.20. The number of aromatic amines is 1. The van der Waals surface area contributed by atoms with Crippen molar-refractivity contribution in [2.45, 2.75) is 40.0 Å². The molecule has 0 aliphatic carbocycles. The van der Waals surface area contributed by atoms with Gasteiger partial charge in [-0.3, -0.25) is 20.1 Å². The molecule has 1 aliphatic heterocycles. The second-order valence-electron chi connectivity index (χ2n) is 11.3. The van der Waals surface area contributed by atoms with Crippen LogP contribution in [0.3, 0.4) is 0 Å². The van der Waals surface area contributed by atoms with Crippen molar-refractivity contribution >= 4 is 65.8 Å². The van der Waals surface area contributed by atoms with Crippen LogP contribution < -0.4 is 0 Å². The number of fused-ring (bicyclic) bond motifs is 12. The number of H-pyrrole nitrogens is 1. The summed E-state index contributed by atoms with van der Waals surface area (Å²) in [5.74, 6) is 1.50. The Morgan fingerprint density at radius 3 is 2.12 bits per heavy atom. The molecule has 0 bridgehead atoms. The van der Waals surface area contributed by atoms with Gasteiger partial charge in [-0.15, -0.1) is 0 Å². The van der Waals surface area contributed by atoms with E-state index in [0.29, 0.717) is 5.92 Å². The molecule has 194 valence electrons. The van der Waals surface area contributed by atoms with E-state index in [1.807, 2.05) is 12.4 Å². The van der Waals surface area contributed by atoms with Gasteiger partial charge in [0.25, 0.3) is 0 Å². The van der Waals surface area contributed by atoms with Crippen LogP contribution in [0.1, 0.15) is 45.0 Å². The van der Waals surface area contributed by atoms with Crippen molar-refractivity contribution in [1.29, 1.82) is 0 Å². The number of hydrogen-bond acceptors (Lipinski definition) is 6. The van der Waals surface area contributed by atoms with Gasteiger partial charge in [-0.1, -0.05) is 52.0 Å². The maximum atomic E-state index is 5.01. The molecule has 0 fully saturated rings. The van der Waals surface area contributed by atoms with Crippen LogP contribution in [0.25, 0.3) is 65.5 Å². The van der Waals surface area contributed by atoms with Crippen molar-refractivity contribution in [3.8, 4) is 11.1 Å². The molecule has 0 amide bonds. The molecule has 0 saturated carbocycles. The highest BCUT2D eigenvalue weighted by Crippen LogP contribution is 2.43. The van der Waals surface area contributed by atoms with Gasteiger partial charge in [0.1, 0.15) is 16.9 Å². The van der Waals surface area contributed by atoms with Gasteiger partial charge in [-0.25, -0.2) is 9.97 Å². The van der Waals surface area contributed by atoms with Crippen LogP contribution in [0.4, 0.5) is 5.69 Å². The highest BCUT2D eigenvalue weighted by Gasteiger charge is 2.24. The molecule has 40 heavy (non-hydrogen) atoms. The van der Waals surface area contributed by atoms with Crippen LogP contribution in [-0.2, 0) is 6.42 Å². The molecule has 1 N–H and O–H groups in total. The molecule has 3 aromatic heterocycles. The fourth-order valence-corrected chi connectivity index (χ4v) is 6.07. The van der Waals surface area contributed by atoms with Crippen LogP contribution in [-0.4, -0.2) is 35.8 Å². The second kappa shape index (κ2) is 8.36. The molecule has 7 aromatic rings. The summed E-state index contributed by atoms with van der Waals surface area (Å²) in [4.78, 5) is 24.3. The largest absolute Gasteiger partial charge is 0.285 e. The summed E-state index contributed by atoms with van der Waals surface area (Å²) < 4.78 is 0. The quantitative estimate of drug-likeness (QED) is 0.239. The predicted octanol–water partition coefficient (Wildman–Crippen LogP) is 7.83. The maximum Gasteiger partial charge on any atom is 0.132 e. The maximum absolute atomic E-state index is 5.01. The number of rotatable bonds is 3. The lowest BCUT2D eigenvalue weighted by Gasteiger charge is -2.12. The molecule has 4 aromatic carbocycles. The van der Waals surface area contributed by atoms with Crippen molar-refractivity contribution in [3.05, 3.63) is 72.6 Å². The molecule has 4 heterocycles. The Balaban J connectivity index is 1.37. The van der Waals surface area contributed by atoms with Gasteiger partial charge in [0.15, 0.2) is 0 Å². The zero-order valence-corrected chi connectivity index (χ0v) is 22.8. The summed E-state index contributed by atoms with van der Waals surface area (Å²) in [5.41, 5.74) is 9.32. The minimum Gasteiger partial charge on any atom is -0.285 e. The van der Waals surface area contributed by atoms with Gasteiger partial charge >= 0.3 is 0 Å². The lowest BCUT2D eigenvalue weighted by atomic mass is 9.92. The van der Waals surface area contributed by atoms with Crippen LogP contribution in [0.15, 0.2) is 66.2 Å². The number of hydrogen-bond donors (Lipinski definition) is 1. The Kier molecular flexibility index (Phi) is 4.83. The van der Waals surface area contributed by atoms with Crippen LogP contribution in [0.5, 0.6) is 0 Å². The lowest BCUT2D eigenvalue weighted by Crippen LogP contribution is -2.06. The smallest absolute Gasteiger partial charge is 0.132 e. The first-order chi connectivity index (χ1) is 19.5. The summed E-state index contributed by atoms with van der Waals surface area (Å²) >= 11 is 0. The molecule has 0 unspecified atom stereocenters. The highest BCUT2D eigenvalue weighted by atomic mass is 15.1. The van der Waals surface area contributed by atoms with Gasteiger partial charge < -0.3 is 0 Å². The first kappa shape index (κ1) is 23.1. The van der Waals surface area contributed by atoms with Gasteiger partial charge in [0, 0.05) is 58.2 Å². The average Bonchev–Trinajstić information content (AvgIpc) is 3.64. The molecule has 8 rings (SSSR count). The van der Waals surface area contributed by atoms with E-state index >= 15 is 0 Å². The summed E-state index contributed by atoms with van der Waals surface area (Å²) in [7, 11) is 0. The van der Waals surface area contributed by atoms with Crippen LogP contribution >= 0.6 is 0 Å². The van der Waals surface area contributed by atoms with Crippen LogP contribution in [0, 0.1) is 5.92 Å². The molecule has 0 radical (unpaired) electrons. The molecule has 0 spiro atoms. The molecular weight excluding hydrogens is 494 g/mol. The molecular formula is C33H27N7. The fourth-order valence-electron chi connectivity index (χ4n) is 6.07. The zero-order valence-electron chi connectivity index (χ0n) is 22.8. The molecule has 0 atom stereocenters. The Hall–Kier alpha value is -4.78. The summed E-state index contributed by atoms with van der Waals surface area (Å²) in [6, 6.07) is 13.3. The Labute approximate surface area is 230 Å². The number of nitrogens with one attached hydrogen (secondary N) is 1. The monoisotopic (exact) mass is 521 g/mol. The van der Waals surface area contributed by atoms with E-state index in [1.165, 1.54) is 16.7 Å². The number of nitrogens with zero attached hydrogens (tertiary/aromatic N) is 6. The first-order valence-corrected chi connectivity index (χ1v) is 13.8. The standard InChI is InChI=1S/C33H27N7/c1-16(2)27-13-24-20-7-5-19(12-23(20)28-32(30(24)38-27)35-10-9-34-28)18-6-8-21-22(11-18)25-14-36-37-15-26(25)31-29(21)39-33(40-31)17(3)4/h5-12,14-17,36H,13H2,1-4H3. The molecule has 1 aliphatic rings. The van der Waals surface area contributed by atoms with Crippen molar-refractivity contribution in [3.63, 3.8) is 0 Å². The highest BCUT2D eigenvalue weighted by molar-refractivity contribution is 6.23. The minimum atomic E-state index is 0.249. The molecule has 0 saturated heterocycles. The summed E-state index contributed by atoms with van der Waals surface area (Å²) in [6.07, 6.45) is 8.21. The van der Waals surface area contributed by atoms with E-state index in [-0.39, 0.29) is 5.92 Å². The van der Waals surface area contributed by atoms with Gasteiger partial charge in [0.05, 0.1) is 22.9 Å². The minimum absolute atomic E-state index is 0.249. The molecule has 7 nitrogen and oxygen atoms in total. The van der Waals surface area contributed by atoms with Crippen molar-refractivity contribution in [1.82, 2.24) is 30.1 Å². The lowest BCUT2D eigenvalue weighted by molar-refractivity contribution is 0.799. The van der Waals surface area contributed by atoms with E-state index in [2.05, 4.69) is 74.3 Å². The van der Waals surface area contributed by atoms with Gasteiger partial charge in [-0.05, 0) is 45.5 Å². The SMILES string of the molecule is CC(C)C1=Nc2c(c3ccc(-c4ccc5c(c4)c4c[nH]ncc4c4nc(C(C)C)nc54)cc3c3nccnc23)C1.